The quantitative estimate of drug-likeness (QED) is 0.509. The van der Waals surface area contributed by atoms with Gasteiger partial charge in [0.2, 0.25) is 5.89 Å². The molecule has 1 aliphatic rings. The summed E-state index contributed by atoms with van der Waals surface area (Å²) in [5.41, 5.74) is 0.601. The molecule has 29 heavy (non-hydrogen) atoms. The van der Waals surface area contributed by atoms with E-state index in [1.807, 2.05) is 0 Å². The molecule has 0 radical (unpaired) electrons. The van der Waals surface area contributed by atoms with E-state index in [9.17, 15) is 9.18 Å². The molecule has 148 valence electrons. The number of aromatic nitrogens is 6. The van der Waals surface area contributed by atoms with Gasteiger partial charge in [0.25, 0.3) is 5.56 Å². The van der Waals surface area contributed by atoms with Gasteiger partial charge in [-0.2, -0.15) is 4.98 Å². The van der Waals surface area contributed by atoms with Gasteiger partial charge < -0.3 is 13.8 Å². The summed E-state index contributed by atoms with van der Waals surface area (Å²) >= 11 is 0. The zero-order chi connectivity index (χ0) is 20.0. The zero-order valence-electron chi connectivity index (χ0n) is 15.5. The van der Waals surface area contributed by atoms with E-state index in [4.69, 9.17) is 9.26 Å². The van der Waals surface area contributed by atoms with Crippen LogP contribution in [0.4, 0.5) is 4.39 Å². The number of fused-ring (bicyclic) bond motifs is 1. The van der Waals surface area contributed by atoms with Crippen molar-refractivity contribution >= 4 is 11.2 Å². The maximum Gasteiger partial charge on any atom is 0.280 e. The first-order valence-corrected chi connectivity index (χ1v) is 9.18. The summed E-state index contributed by atoms with van der Waals surface area (Å²) in [6.45, 7) is 0.135. The molecule has 9 nitrogen and oxygen atoms in total. The highest BCUT2D eigenvalue weighted by molar-refractivity contribution is 5.68. The Morgan fingerprint density at radius 1 is 1.28 bits per heavy atom. The Balaban J connectivity index is 1.25. The van der Waals surface area contributed by atoms with E-state index in [2.05, 4.69) is 20.1 Å². The Hall–Kier alpha value is -3.56. The Kier molecular flexibility index (Phi) is 4.11. The Labute approximate surface area is 163 Å². The number of nitrogens with zero attached hydrogens (tertiary/aromatic N) is 6. The normalized spacial score (nSPS) is 18.7. The largest absolute Gasteiger partial charge is 0.490 e. The van der Waals surface area contributed by atoms with Crippen LogP contribution in [-0.4, -0.2) is 35.3 Å². The highest BCUT2D eigenvalue weighted by Crippen LogP contribution is 2.37. The summed E-state index contributed by atoms with van der Waals surface area (Å²) in [4.78, 5) is 25.3. The molecular formula is C19H17FN6O3. The molecule has 1 saturated carbocycles. The zero-order valence-corrected chi connectivity index (χ0v) is 15.5. The summed E-state index contributed by atoms with van der Waals surface area (Å²) in [6, 6.07) is 6.09. The minimum atomic E-state index is -0.324. The lowest BCUT2D eigenvalue weighted by Gasteiger charge is -2.33. The molecule has 0 unspecified atom stereocenters. The van der Waals surface area contributed by atoms with Crippen molar-refractivity contribution in [1.29, 1.82) is 0 Å². The molecule has 0 atom stereocenters. The standard InChI is InChI=1S/C19H17FN6O3/c1-25-9-21-18-16(25)19(27)26(10-22-18)8-15-23-17(24-29-15)11-5-14(6-11)28-13-4-2-3-12(20)7-13/h2-4,7,9-11,14H,5-6,8H2,1H3. The third-order valence-corrected chi connectivity index (χ3v) is 5.05. The van der Waals surface area contributed by atoms with Crippen LogP contribution in [0.2, 0.25) is 0 Å². The molecule has 0 bridgehead atoms. The van der Waals surface area contributed by atoms with Crippen molar-refractivity contribution in [2.75, 3.05) is 0 Å². The minimum Gasteiger partial charge on any atom is -0.490 e. The van der Waals surface area contributed by atoms with Gasteiger partial charge in [-0.25, -0.2) is 14.4 Å². The number of hydrogen-bond acceptors (Lipinski definition) is 7. The molecule has 0 aliphatic heterocycles. The molecule has 1 fully saturated rings. The van der Waals surface area contributed by atoms with E-state index in [1.165, 1.54) is 23.0 Å². The summed E-state index contributed by atoms with van der Waals surface area (Å²) in [5, 5.41) is 4.03. The summed E-state index contributed by atoms with van der Waals surface area (Å²) in [5.74, 6) is 1.22. The fourth-order valence-electron chi connectivity index (χ4n) is 3.43. The van der Waals surface area contributed by atoms with Crippen molar-refractivity contribution in [1.82, 2.24) is 29.2 Å². The highest BCUT2D eigenvalue weighted by atomic mass is 19.1. The van der Waals surface area contributed by atoms with Gasteiger partial charge in [-0.1, -0.05) is 11.2 Å². The van der Waals surface area contributed by atoms with Crippen LogP contribution in [0.15, 0.2) is 46.2 Å². The number of imidazole rings is 1. The third-order valence-electron chi connectivity index (χ3n) is 5.05. The lowest BCUT2D eigenvalue weighted by Crippen LogP contribution is -2.32. The van der Waals surface area contributed by atoms with Crippen LogP contribution in [0, 0.1) is 5.82 Å². The van der Waals surface area contributed by atoms with E-state index in [1.54, 1.807) is 30.1 Å². The van der Waals surface area contributed by atoms with Crippen LogP contribution in [0.25, 0.3) is 11.2 Å². The average Bonchev–Trinajstić information content (AvgIpc) is 3.27. The number of ether oxygens (including phenoxy) is 1. The number of aryl methyl sites for hydroxylation is 1. The number of halogens is 1. The summed E-state index contributed by atoms with van der Waals surface area (Å²) in [6.07, 6.45) is 4.40. The van der Waals surface area contributed by atoms with Gasteiger partial charge in [0.1, 0.15) is 30.5 Å². The molecule has 0 saturated heterocycles. The second kappa shape index (κ2) is 6.80. The first kappa shape index (κ1) is 17.5. The van der Waals surface area contributed by atoms with Crippen LogP contribution in [0.1, 0.15) is 30.5 Å². The van der Waals surface area contributed by atoms with Crippen LogP contribution in [-0.2, 0) is 13.6 Å². The van der Waals surface area contributed by atoms with E-state index < -0.39 is 0 Å². The fraction of sp³-hybridized carbons (Fsp3) is 0.316. The third kappa shape index (κ3) is 3.26. The number of rotatable bonds is 5. The SMILES string of the molecule is Cn1cnc2ncn(Cc3nc(C4CC(Oc5cccc(F)c5)C4)no3)c(=O)c21. The van der Waals surface area contributed by atoms with E-state index in [0.29, 0.717) is 28.6 Å². The monoisotopic (exact) mass is 396 g/mol. The van der Waals surface area contributed by atoms with Gasteiger partial charge in [0.05, 0.1) is 6.33 Å². The van der Waals surface area contributed by atoms with Gasteiger partial charge in [0.15, 0.2) is 17.0 Å². The van der Waals surface area contributed by atoms with Crippen molar-refractivity contribution in [3.05, 3.63) is 64.8 Å². The van der Waals surface area contributed by atoms with Crippen molar-refractivity contribution in [3.8, 4) is 5.75 Å². The molecule has 3 heterocycles. The lowest BCUT2D eigenvalue weighted by atomic mass is 9.82. The highest BCUT2D eigenvalue weighted by Gasteiger charge is 2.35. The topological polar surface area (TPSA) is 101 Å². The smallest absolute Gasteiger partial charge is 0.280 e. The van der Waals surface area contributed by atoms with E-state index >= 15 is 0 Å². The second-order valence-electron chi connectivity index (χ2n) is 7.12. The number of benzene rings is 1. The average molecular weight is 396 g/mol. The number of hydrogen-bond donors (Lipinski definition) is 0. The summed E-state index contributed by atoms with van der Waals surface area (Å²) < 4.78 is 27.4. The van der Waals surface area contributed by atoms with Crippen molar-refractivity contribution < 1.29 is 13.7 Å². The predicted octanol–water partition coefficient (Wildman–Crippen LogP) is 2.03. The molecule has 0 spiro atoms. The first-order valence-electron chi connectivity index (χ1n) is 9.18. The fourth-order valence-corrected chi connectivity index (χ4v) is 3.43. The van der Waals surface area contributed by atoms with Gasteiger partial charge in [0, 0.05) is 19.0 Å². The Morgan fingerprint density at radius 2 is 2.10 bits per heavy atom. The maximum atomic E-state index is 13.2. The lowest BCUT2D eigenvalue weighted by molar-refractivity contribution is 0.0939. The van der Waals surface area contributed by atoms with Gasteiger partial charge in [-0.05, 0) is 25.0 Å². The van der Waals surface area contributed by atoms with Crippen LogP contribution < -0.4 is 10.3 Å². The summed E-state index contributed by atoms with van der Waals surface area (Å²) in [7, 11) is 1.74. The Morgan fingerprint density at radius 3 is 2.93 bits per heavy atom. The van der Waals surface area contributed by atoms with E-state index in [-0.39, 0.29) is 29.9 Å². The second-order valence-corrected chi connectivity index (χ2v) is 7.12. The Bertz CT molecular complexity index is 1240. The van der Waals surface area contributed by atoms with E-state index in [0.717, 1.165) is 12.8 Å². The molecule has 0 N–H and O–H groups in total. The van der Waals surface area contributed by atoms with Gasteiger partial charge in [-0.3, -0.25) is 9.36 Å². The van der Waals surface area contributed by atoms with Gasteiger partial charge in [-0.15, -0.1) is 0 Å². The van der Waals surface area contributed by atoms with Crippen LogP contribution in [0.5, 0.6) is 5.75 Å². The molecule has 5 rings (SSSR count). The molecule has 10 heteroatoms. The van der Waals surface area contributed by atoms with Gasteiger partial charge >= 0.3 is 0 Å². The van der Waals surface area contributed by atoms with Crippen LogP contribution >= 0.6 is 0 Å². The minimum absolute atomic E-state index is 0.0113. The molecule has 3 aromatic heterocycles. The molecular weight excluding hydrogens is 379 g/mol. The predicted molar refractivity (Wildman–Crippen MR) is 99.0 cm³/mol. The van der Waals surface area contributed by atoms with Crippen LogP contribution in [0.3, 0.4) is 0 Å². The molecule has 1 aromatic carbocycles. The molecule has 1 aliphatic carbocycles. The van der Waals surface area contributed by atoms with Crippen molar-refractivity contribution in [2.24, 2.45) is 7.05 Å². The molecule has 4 aromatic rings. The van der Waals surface area contributed by atoms with Crippen molar-refractivity contribution in [3.63, 3.8) is 0 Å². The maximum absolute atomic E-state index is 13.2. The first-order chi connectivity index (χ1) is 14.1. The van der Waals surface area contributed by atoms with Crippen molar-refractivity contribution in [2.45, 2.75) is 31.4 Å². The molecule has 0 amide bonds.